The van der Waals surface area contributed by atoms with Crippen molar-refractivity contribution >= 4 is 5.78 Å². The lowest BCUT2D eigenvalue weighted by Crippen LogP contribution is -2.22. The molecule has 1 aromatic heterocycles. The second kappa shape index (κ2) is 8.02. The summed E-state index contributed by atoms with van der Waals surface area (Å²) in [7, 11) is 0. The second-order valence-corrected chi connectivity index (χ2v) is 7.07. The van der Waals surface area contributed by atoms with Crippen molar-refractivity contribution in [1.82, 2.24) is 9.78 Å². The average molecular weight is 500 g/mol. The molecule has 34 heavy (non-hydrogen) atoms. The van der Waals surface area contributed by atoms with Crippen LogP contribution in [0.4, 0.5) is 43.9 Å². The van der Waals surface area contributed by atoms with Crippen molar-refractivity contribution in [3.8, 4) is 5.69 Å². The topological polar surface area (TPSA) is 54.9 Å². The van der Waals surface area contributed by atoms with Crippen LogP contribution >= 0.6 is 0 Å². The summed E-state index contributed by atoms with van der Waals surface area (Å²) >= 11 is 0. The second-order valence-electron chi connectivity index (χ2n) is 7.07. The van der Waals surface area contributed by atoms with Gasteiger partial charge in [0.25, 0.3) is 5.56 Å². The molecule has 0 saturated heterocycles. The number of rotatable bonds is 3. The van der Waals surface area contributed by atoms with Crippen LogP contribution in [-0.4, -0.2) is 15.6 Å². The van der Waals surface area contributed by atoms with Gasteiger partial charge in [0, 0.05) is 11.3 Å². The number of carbonyl (C=O) groups is 1. The summed E-state index contributed by atoms with van der Waals surface area (Å²) in [6, 6.07) is 1.01. The summed E-state index contributed by atoms with van der Waals surface area (Å²) in [6.45, 7) is 1.04. The first-order valence-electron chi connectivity index (χ1n) is 8.93. The molecular formula is C20H10F10N2O2. The first-order valence-corrected chi connectivity index (χ1v) is 8.93. The zero-order valence-electron chi connectivity index (χ0n) is 16.5. The lowest BCUT2D eigenvalue weighted by Gasteiger charge is -2.14. The third-order valence-corrected chi connectivity index (χ3v) is 4.62. The van der Waals surface area contributed by atoms with Gasteiger partial charge in [-0.05, 0) is 43.3 Å². The Morgan fingerprint density at radius 3 is 1.71 bits per heavy atom. The molecule has 1 N–H and O–H groups in total. The Kier molecular flexibility index (Phi) is 5.91. The third-order valence-electron chi connectivity index (χ3n) is 4.62. The van der Waals surface area contributed by atoms with E-state index in [0.717, 1.165) is 6.92 Å². The zero-order valence-corrected chi connectivity index (χ0v) is 16.5. The molecule has 0 radical (unpaired) electrons. The smallest absolute Gasteiger partial charge is 0.295 e. The molecule has 1 heterocycles. The lowest BCUT2D eigenvalue weighted by atomic mass is 10.0. The summed E-state index contributed by atoms with van der Waals surface area (Å²) in [6.07, 6.45) is -15.5. The van der Waals surface area contributed by atoms with Crippen molar-refractivity contribution in [3.05, 3.63) is 86.1 Å². The van der Waals surface area contributed by atoms with Crippen LogP contribution < -0.4 is 5.56 Å². The van der Waals surface area contributed by atoms with E-state index in [0.29, 0.717) is 6.07 Å². The molecule has 4 nitrogen and oxygen atoms in total. The fraction of sp³-hybridized carbons (Fsp3) is 0.200. The number of H-pyrrole nitrogens is 1. The summed E-state index contributed by atoms with van der Waals surface area (Å²) in [5.41, 5.74) is -9.62. The van der Waals surface area contributed by atoms with Gasteiger partial charge in [-0.1, -0.05) is 0 Å². The molecule has 3 aromatic rings. The van der Waals surface area contributed by atoms with E-state index in [2.05, 4.69) is 5.10 Å². The Morgan fingerprint density at radius 2 is 1.24 bits per heavy atom. The maximum absolute atomic E-state index is 13.7. The van der Waals surface area contributed by atoms with Crippen molar-refractivity contribution in [2.24, 2.45) is 0 Å². The monoisotopic (exact) mass is 500 g/mol. The van der Waals surface area contributed by atoms with Crippen LogP contribution in [0, 0.1) is 12.7 Å². The number of carbonyl (C=O) groups excluding carboxylic acids is 1. The quantitative estimate of drug-likeness (QED) is 0.360. The summed E-state index contributed by atoms with van der Waals surface area (Å²) in [4.78, 5) is 25.4. The number of hydrogen-bond acceptors (Lipinski definition) is 2. The van der Waals surface area contributed by atoms with Gasteiger partial charge in [-0.2, -0.15) is 39.5 Å². The zero-order chi connectivity index (χ0) is 25.8. The first kappa shape index (κ1) is 25.1. The minimum atomic E-state index is -5.23. The molecule has 0 amide bonds. The minimum absolute atomic E-state index is 0.0976. The van der Waals surface area contributed by atoms with Crippen LogP contribution in [0.15, 0.2) is 41.2 Å². The lowest BCUT2D eigenvalue weighted by molar-refractivity contribution is -0.143. The number of alkyl halides is 9. The molecule has 14 heteroatoms. The van der Waals surface area contributed by atoms with Crippen LogP contribution in [0.5, 0.6) is 0 Å². The van der Waals surface area contributed by atoms with E-state index in [-0.39, 0.29) is 35.0 Å². The summed E-state index contributed by atoms with van der Waals surface area (Å²) in [5.74, 6) is -2.88. The molecule has 3 rings (SSSR count). The van der Waals surface area contributed by atoms with Crippen molar-refractivity contribution in [3.63, 3.8) is 0 Å². The molecule has 0 spiro atoms. The number of nitrogens with zero attached hydrogens (tertiary/aromatic N) is 1. The number of aryl methyl sites for hydroxylation is 1. The fourth-order valence-electron chi connectivity index (χ4n) is 3.09. The maximum atomic E-state index is 13.7. The van der Waals surface area contributed by atoms with Gasteiger partial charge in [-0.3, -0.25) is 14.7 Å². The molecule has 0 unspecified atom stereocenters. The largest absolute Gasteiger partial charge is 0.416 e. The minimum Gasteiger partial charge on any atom is -0.295 e. The fourth-order valence-corrected chi connectivity index (χ4v) is 3.09. The highest BCUT2D eigenvalue weighted by molar-refractivity contribution is 6.09. The Labute approximate surface area is 182 Å². The standard InChI is InChI=1S/C20H10F10N2O2/c1-8-15(16(33)9-2-10(18(22,23)24)5-13(21)3-9)17(34)32(31-8)14-6-11(19(25,26)27)4-12(7-14)20(28,29)30/h2-7,31H,1H3. The highest BCUT2D eigenvalue weighted by Crippen LogP contribution is 2.37. The van der Waals surface area contributed by atoms with Gasteiger partial charge in [0.2, 0.25) is 5.78 Å². The summed E-state index contributed by atoms with van der Waals surface area (Å²) < 4.78 is 131. The number of hydrogen-bond donors (Lipinski definition) is 1. The van der Waals surface area contributed by atoms with Crippen molar-refractivity contribution in [1.29, 1.82) is 0 Å². The number of nitrogens with one attached hydrogen (secondary N) is 1. The predicted molar refractivity (Wildman–Crippen MR) is 96.0 cm³/mol. The van der Waals surface area contributed by atoms with Crippen LogP contribution in [-0.2, 0) is 18.5 Å². The Bertz CT molecular complexity index is 1290. The SMILES string of the molecule is Cc1[nH]n(-c2cc(C(F)(F)F)cc(C(F)(F)F)c2)c(=O)c1C(=O)c1cc(F)cc(C(F)(F)F)c1. The number of ketones is 1. The van der Waals surface area contributed by atoms with Crippen LogP contribution in [0.25, 0.3) is 5.69 Å². The molecular weight excluding hydrogens is 490 g/mol. The Hall–Kier alpha value is -3.58. The van der Waals surface area contributed by atoms with Gasteiger partial charge < -0.3 is 0 Å². The molecule has 0 aliphatic carbocycles. The van der Waals surface area contributed by atoms with Gasteiger partial charge in [0.05, 0.1) is 22.4 Å². The number of aromatic amines is 1. The molecule has 0 aliphatic heterocycles. The van der Waals surface area contributed by atoms with E-state index < -0.39 is 74.9 Å². The Morgan fingerprint density at radius 1 is 0.765 bits per heavy atom. The molecule has 0 saturated carbocycles. The van der Waals surface area contributed by atoms with E-state index in [9.17, 15) is 53.5 Å². The van der Waals surface area contributed by atoms with E-state index in [1.165, 1.54) is 0 Å². The van der Waals surface area contributed by atoms with Gasteiger partial charge in [-0.15, -0.1) is 0 Å². The molecule has 0 aliphatic rings. The molecule has 182 valence electrons. The molecule has 0 atom stereocenters. The van der Waals surface area contributed by atoms with E-state index in [1.807, 2.05) is 0 Å². The average Bonchev–Trinajstić information content (AvgIpc) is 2.98. The van der Waals surface area contributed by atoms with Crippen molar-refractivity contribution < 1.29 is 48.7 Å². The third kappa shape index (κ3) is 4.84. The number of benzene rings is 2. The normalized spacial score (nSPS) is 12.8. The maximum Gasteiger partial charge on any atom is 0.416 e. The van der Waals surface area contributed by atoms with Crippen LogP contribution in [0.1, 0.15) is 38.3 Å². The van der Waals surface area contributed by atoms with Gasteiger partial charge in [-0.25, -0.2) is 9.07 Å². The van der Waals surface area contributed by atoms with Gasteiger partial charge in [0.15, 0.2) is 0 Å². The van der Waals surface area contributed by atoms with Crippen molar-refractivity contribution in [2.45, 2.75) is 25.5 Å². The molecule has 2 aromatic carbocycles. The molecule has 0 bridgehead atoms. The van der Waals surface area contributed by atoms with Crippen LogP contribution in [0.3, 0.4) is 0 Å². The van der Waals surface area contributed by atoms with Crippen molar-refractivity contribution in [2.75, 3.05) is 0 Å². The van der Waals surface area contributed by atoms with Gasteiger partial charge in [0.1, 0.15) is 11.4 Å². The number of aromatic nitrogens is 2. The molecule has 0 fully saturated rings. The predicted octanol–water partition coefficient (Wildman–Crippen LogP) is 5.90. The van der Waals surface area contributed by atoms with E-state index >= 15 is 0 Å². The Balaban J connectivity index is 2.20. The van der Waals surface area contributed by atoms with Gasteiger partial charge >= 0.3 is 18.5 Å². The first-order chi connectivity index (χ1) is 15.4. The van der Waals surface area contributed by atoms with E-state index in [1.54, 1.807) is 0 Å². The number of halogens is 10. The van der Waals surface area contributed by atoms with E-state index in [4.69, 9.17) is 0 Å². The summed E-state index contributed by atoms with van der Waals surface area (Å²) in [5, 5.41) is 2.13. The van der Waals surface area contributed by atoms with Crippen LogP contribution in [0.2, 0.25) is 0 Å². The highest BCUT2D eigenvalue weighted by Gasteiger charge is 2.38. The highest BCUT2D eigenvalue weighted by atomic mass is 19.4.